The van der Waals surface area contributed by atoms with E-state index in [4.69, 9.17) is 5.11 Å². The summed E-state index contributed by atoms with van der Waals surface area (Å²) >= 11 is 0.962. The van der Waals surface area contributed by atoms with Crippen molar-refractivity contribution in [2.24, 2.45) is 0 Å². The Morgan fingerprint density at radius 1 is 1.29 bits per heavy atom. The Morgan fingerprint density at radius 2 is 1.97 bits per heavy atom. The zero-order chi connectivity index (χ0) is 22.8. The molecule has 0 aliphatic heterocycles. The van der Waals surface area contributed by atoms with Crippen LogP contribution in [0.15, 0.2) is 40.9 Å². The van der Waals surface area contributed by atoms with E-state index in [9.17, 15) is 17.6 Å². The fourth-order valence-electron chi connectivity index (χ4n) is 3.11. The molecule has 3 rings (SSSR count). The quantitative estimate of drug-likeness (QED) is 0.515. The van der Waals surface area contributed by atoms with Gasteiger partial charge in [0, 0.05) is 24.5 Å². The van der Waals surface area contributed by atoms with Gasteiger partial charge in [-0.1, -0.05) is 31.2 Å². The van der Waals surface area contributed by atoms with Crippen LogP contribution < -0.4 is 4.72 Å². The molecule has 0 bridgehead atoms. The number of aromatic nitrogens is 3. The molecule has 0 saturated heterocycles. The average Bonchev–Trinajstić information content (AvgIpc) is 3.29. The van der Waals surface area contributed by atoms with Crippen molar-refractivity contribution >= 4 is 27.5 Å². The van der Waals surface area contributed by atoms with Crippen LogP contribution in [0.5, 0.6) is 0 Å². The minimum atomic E-state index is -4.26. The standard InChI is InChI=1S/C20H23FN4O4S2/c1-4-5-15-23-16(17(30-15)31(28,29)24-19(26)27)14-8-6-13(7-9-14)12-25-11-10-22-18(25)20(2,3)21/h6-11,24H,4-5,12H2,1-3H3,(H,26,27). The van der Waals surface area contributed by atoms with Crippen molar-refractivity contribution in [2.45, 2.75) is 50.0 Å². The number of hydrogen-bond donors (Lipinski definition) is 2. The molecule has 166 valence electrons. The summed E-state index contributed by atoms with van der Waals surface area (Å²) < 4.78 is 42.5. The van der Waals surface area contributed by atoms with E-state index in [1.54, 1.807) is 45.9 Å². The molecule has 0 fully saturated rings. The highest BCUT2D eigenvalue weighted by Gasteiger charge is 2.27. The third-order valence-corrected chi connectivity index (χ3v) is 7.34. The molecular weight excluding hydrogens is 443 g/mol. The van der Waals surface area contributed by atoms with Gasteiger partial charge in [-0.15, -0.1) is 11.3 Å². The Hall–Kier alpha value is -2.79. The molecule has 11 heteroatoms. The number of nitrogens with zero attached hydrogens (tertiary/aromatic N) is 3. The molecule has 8 nitrogen and oxygen atoms in total. The van der Waals surface area contributed by atoms with Crippen LogP contribution in [0.4, 0.5) is 9.18 Å². The minimum Gasteiger partial charge on any atom is -0.464 e. The van der Waals surface area contributed by atoms with Crippen molar-refractivity contribution in [3.8, 4) is 11.3 Å². The van der Waals surface area contributed by atoms with Crippen LogP contribution in [-0.4, -0.2) is 34.2 Å². The maximum absolute atomic E-state index is 14.3. The zero-order valence-electron chi connectivity index (χ0n) is 17.3. The fourth-order valence-corrected chi connectivity index (χ4v) is 5.62. The van der Waals surface area contributed by atoms with Gasteiger partial charge in [0.25, 0.3) is 10.0 Å². The van der Waals surface area contributed by atoms with Gasteiger partial charge in [-0.25, -0.2) is 32.3 Å². The summed E-state index contributed by atoms with van der Waals surface area (Å²) in [5.41, 5.74) is 0.0382. The van der Waals surface area contributed by atoms with E-state index >= 15 is 0 Å². The first-order valence-corrected chi connectivity index (χ1v) is 11.9. The van der Waals surface area contributed by atoms with E-state index in [1.165, 1.54) is 13.8 Å². The molecule has 0 atom stereocenters. The number of thiazole rings is 1. The fraction of sp³-hybridized carbons (Fsp3) is 0.350. The summed E-state index contributed by atoms with van der Waals surface area (Å²) in [6, 6.07) is 7.03. The zero-order valence-corrected chi connectivity index (χ0v) is 18.9. The van der Waals surface area contributed by atoms with E-state index in [2.05, 4.69) is 9.97 Å². The van der Waals surface area contributed by atoms with Gasteiger partial charge in [-0.3, -0.25) is 0 Å². The second-order valence-corrected chi connectivity index (χ2v) is 10.4. The predicted octanol–water partition coefficient (Wildman–Crippen LogP) is 4.17. The first-order valence-electron chi connectivity index (χ1n) is 9.56. The lowest BCUT2D eigenvalue weighted by atomic mass is 10.1. The highest BCUT2D eigenvalue weighted by Crippen LogP contribution is 2.33. The van der Waals surface area contributed by atoms with Gasteiger partial charge in [0.1, 0.15) is 11.5 Å². The minimum absolute atomic E-state index is 0.137. The number of amides is 1. The summed E-state index contributed by atoms with van der Waals surface area (Å²) in [5, 5.41) is 9.49. The van der Waals surface area contributed by atoms with Gasteiger partial charge in [-0.2, -0.15) is 0 Å². The molecule has 2 N–H and O–H groups in total. The number of hydrogen-bond acceptors (Lipinski definition) is 6. The normalized spacial score (nSPS) is 12.1. The average molecular weight is 467 g/mol. The molecule has 0 spiro atoms. The Morgan fingerprint density at radius 3 is 2.55 bits per heavy atom. The summed E-state index contributed by atoms with van der Waals surface area (Å²) in [6.07, 6.45) is 2.95. The van der Waals surface area contributed by atoms with Crippen molar-refractivity contribution in [1.29, 1.82) is 0 Å². The number of rotatable bonds is 8. The lowest BCUT2D eigenvalue weighted by Crippen LogP contribution is -2.28. The number of benzene rings is 1. The van der Waals surface area contributed by atoms with Crippen LogP contribution in [0.1, 0.15) is 43.6 Å². The van der Waals surface area contributed by atoms with Gasteiger partial charge in [-0.05, 0) is 32.3 Å². The van der Waals surface area contributed by atoms with E-state index in [0.717, 1.165) is 23.3 Å². The molecule has 0 unspecified atom stereocenters. The lowest BCUT2D eigenvalue weighted by Gasteiger charge is -2.16. The second-order valence-electron chi connectivity index (χ2n) is 7.45. The number of aryl methyl sites for hydroxylation is 1. The first kappa shape index (κ1) is 22.9. The number of alkyl halides is 1. The molecule has 1 amide bonds. The Kier molecular flexibility index (Phi) is 6.46. The van der Waals surface area contributed by atoms with E-state index in [1.807, 2.05) is 6.92 Å². The Bertz CT molecular complexity index is 1180. The van der Waals surface area contributed by atoms with Crippen LogP contribution in [0, 0.1) is 0 Å². The topological polar surface area (TPSA) is 114 Å². The second kappa shape index (κ2) is 8.75. The number of nitrogens with one attached hydrogen (secondary N) is 1. The van der Waals surface area contributed by atoms with Crippen LogP contribution in [0.25, 0.3) is 11.3 Å². The molecule has 31 heavy (non-hydrogen) atoms. The number of imidazole rings is 1. The molecular formula is C20H23FN4O4S2. The molecule has 2 aromatic heterocycles. The number of sulfonamides is 1. The summed E-state index contributed by atoms with van der Waals surface area (Å²) in [6.45, 7) is 5.23. The predicted molar refractivity (Wildman–Crippen MR) is 115 cm³/mol. The Labute approximate surface area is 183 Å². The SMILES string of the molecule is CCCc1nc(-c2ccc(Cn3ccnc3C(C)(C)F)cc2)c(S(=O)(=O)NC(=O)O)s1. The third kappa shape index (κ3) is 5.28. The largest absolute Gasteiger partial charge is 0.464 e. The van der Waals surface area contributed by atoms with Gasteiger partial charge in [0.2, 0.25) is 0 Å². The molecule has 0 aliphatic carbocycles. The summed E-state index contributed by atoms with van der Waals surface area (Å²) in [4.78, 5) is 19.4. The third-order valence-electron chi connectivity index (χ3n) is 4.40. The first-order chi connectivity index (χ1) is 14.5. The lowest BCUT2D eigenvalue weighted by molar-refractivity contribution is 0.199. The summed E-state index contributed by atoms with van der Waals surface area (Å²) in [7, 11) is -4.26. The van der Waals surface area contributed by atoms with Crippen molar-refractivity contribution in [1.82, 2.24) is 19.3 Å². The van der Waals surface area contributed by atoms with Crippen LogP contribution >= 0.6 is 11.3 Å². The smallest absolute Gasteiger partial charge is 0.418 e. The maximum atomic E-state index is 14.3. The van der Waals surface area contributed by atoms with Gasteiger partial charge < -0.3 is 9.67 Å². The molecule has 0 aliphatic rings. The van der Waals surface area contributed by atoms with E-state index < -0.39 is 21.8 Å². The highest BCUT2D eigenvalue weighted by atomic mass is 32.2. The molecule has 3 aromatic rings. The van der Waals surface area contributed by atoms with E-state index in [-0.39, 0.29) is 9.90 Å². The molecule has 1 aromatic carbocycles. The van der Waals surface area contributed by atoms with Gasteiger partial charge in [0.05, 0.1) is 5.01 Å². The molecule has 2 heterocycles. The molecule has 0 saturated carbocycles. The number of carboxylic acid groups (broad SMARTS) is 1. The highest BCUT2D eigenvalue weighted by molar-refractivity contribution is 7.92. The maximum Gasteiger partial charge on any atom is 0.418 e. The van der Waals surface area contributed by atoms with Crippen molar-refractivity contribution in [2.75, 3.05) is 0 Å². The summed E-state index contributed by atoms with van der Waals surface area (Å²) in [5.74, 6) is 0.313. The monoisotopic (exact) mass is 466 g/mol. The molecule has 0 radical (unpaired) electrons. The van der Waals surface area contributed by atoms with Crippen LogP contribution in [0.3, 0.4) is 0 Å². The number of carbonyl (C=O) groups is 1. The van der Waals surface area contributed by atoms with Crippen molar-refractivity contribution < 1.29 is 22.7 Å². The van der Waals surface area contributed by atoms with Gasteiger partial charge in [0.15, 0.2) is 9.88 Å². The van der Waals surface area contributed by atoms with Crippen molar-refractivity contribution in [3.63, 3.8) is 0 Å². The van der Waals surface area contributed by atoms with E-state index in [0.29, 0.717) is 29.4 Å². The Balaban J connectivity index is 1.94. The van der Waals surface area contributed by atoms with Crippen LogP contribution in [-0.2, 0) is 28.7 Å². The van der Waals surface area contributed by atoms with Crippen molar-refractivity contribution in [3.05, 3.63) is 53.1 Å². The van der Waals surface area contributed by atoms with Crippen LogP contribution in [0.2, 0.25) is 0 Å². The number of halogens is 1. The van der Waals surface area contributed by atoms with Gasteiger partial charge >= 0.3 is 6.09 Å².